The van der Waals surface area contributed by atoms with E-state index >= 15 is 0 Å². The van der Waals surface area contributed by atoms with E-state index in [2.05, 4.69) is 37.7 Å². The Bertz CT molecular complexity index is 232. The molecule has 16 heavy (non-hydrogen) atoms. The fourth-order valence-corrected chi connectivity index (χ4v) is 2.51. The minimum atomic E-state index is 0.331. The fourth-order valence-electron chi connectivity index (χ4n) is 2.51. The van der Waals surface area contributed by atoms with Crippen LogP contribution >= 0.6 is 0 Å². The van der Waals surface area contributed by atoms with Crippen molar-refractivity contribution in [3.05, 3.63) is 0 Å². The zero-order valence-corrected chi connectivity index (χ0v) is 11.7. The molecule has 0 bridgehead atoms. The molecule has 0 radical (unpaired) electrons. The Morgan fingerprint density at radius 2 is 1.75 bits per heavy atom. The van der Waals surface area contributed by atoms with E-state index in [1.807, 2.05) is 7.05 Å². The molecule has 0 amide bonds. The molecule has 0 heterocycles. The first kappa shape index (κ1) is 13.5. The van der Waals surface area contributed by atoms with Crippen molar-refractivity contribution in [3.63, 3.8) is 0 Å². The highest BCUT2D eigenvalue weighted by molar-refractivity contribution is 5.82. The summed E-state index contributed by atoms with van der Waals surface area (Å²) in [5.41, 5.74) is 0.331. The summed E-state index contributed by atoms with van der Waals surface area (Å²) in [5, 5.41) is 0. The molecule has 2 heteroatoms. The van der Waals surface area contributed by atoms with Gasteiger partial charge in [0.15, 0.2) is 0 Å². The summed E-state index contributed by atoms with van der Waals surface area (Å²) >= 11 is 0. The van der Waals surface area contributed by atoms with E-state index in [0.29, 0.717) is 5.41 Å². The lowest BCUT2D eigenvalue weighted by Gasteiger charge is -2.35. The molecule has 0 aromatic carbocycles. The van der Waals surface area contributed by atoms with Crippen LogP contribution in [-0.4, -0.2) is 30.9 Å². The van der Waals surface area contributed by atoms with Gasteiger partial charge in [-0.1, -0.05) is 40.0 Å². The van der Waals surface area contributed by atoms with Crippen LogP contribution in [0.3, 0.4) is 0 Å². The molecule has 1 aliphatic rings. The molecule has 0 aromatic heterocycles. The van der Waals surface area contributed by atoms with Crippen LogP contribution in [0.4, 0.5) is 0 Å². The lowest BCUT2D eigenvalue weighted by Crippen LogP contribution is -2.39. The van der Waals surface area contributed by atoms with Crippen molar-refractivity contribution in [2.24, 2.45) is 10.4 Å². The molecular weight excluding hydrogens is 196 g/mol. The van der Waals surface area contributed by atoms with E-state index in [-0.39, 0.29) is 0 Å². The first-order valence-electron chi connectivity index (χ1n) is 6.62. The Labute approximate surface area is 101 Å². The summed E-state index contributed by atoms with van der Waals surface area (Å²) in [7, 11) is 4.16. The summed E-state index contributed by atoms with van der Waals surface area (Å²) in [6.45, 7) is 6.85. The largest absolute Gasteiger partial charge is 0.360 e. The SMILES string of the molecule is C/N=C(/CC(C)(C)C)N(C)C1CCCCC1. The van der Waals surface area contributed by atoms with Gasteiger partial charge in [0.25, 0.3) is 0 Å². The van der Waals surface area contributed by atoms with E-state index in [9.17, 15) is 0 Å². The summed E-state index contributed by atoms with van der Waals surface area (Å²) in [4.78, 5) is 6.93. The highest BCUT2D eigenvalue weighted by Crippen LogP contribution is 2.25. The molecule has 94 valence electrons. The van der Waals surface area contributed by atoms with Gasteiger partial charge in [0, 0.05) is 26.6 Å². The van der Waals surface area contributed by atoms with Crippen LogP contribution in [0.2, 0.25) is 0 Å². The van der Waals surface area contributed by atoms with Crippen molar-refractivity contribution >= 4 is 5.84 Å². The Morgan fingerprint density at radius 1 is 1.19 bits per heavy atom. The van der Waals surface area contributed by atoms with Gasteiger partial charge in [0.1, 0.15) is 0 Å². The summed E-state index contributed by atoms with van der Waals surface area (Å²) in [6, 6.07) is 0.731. The maximum atomic E-state index is 4.49. The predicted octanol–water partition coefficient (Wildman–Crippen LogP) is 3.72. The molecule has 1 fully saturated rings. The lowest BCUT2D eigenvalue weighted by atomic mass is 9.89. The lowest BCUT2D eigenvalue weighted by molar-refractivity contribution is 0.266. The van der Waals surface area contributed by atoms with Crippen LogP contribution < -0.4 is 0 Å². The third kappa shape index (κ3) is 4.15. The first-order chi connectivity index (χ1) is 7.44. The number of nitrogens with zero attached hydrogens (tertiary/aromatic N) is 2. The minimum Gasteiger partial charge on any atom is -0.360 e. The molecule has 2 nitrogen and oxygen atoms in total. The third-order valence-electron chi connectivity index (χ3n) is 3.48. The van der Waals surface area contributed by atoms with Crippen LogP contribution in [0.25, 0.3) is 0 Å². The van der Waals surface area contributed by atoms with Gasteiger partial charge in [-0.15, -0.1) is 0 Å². The molecular formula is C14H28N2. The quantitative estimate of drug-likeness (QED) is 0.515. The van der Waals surface area contributed by atoms with Gasteiger partial charge in [-0.2, -0.15) is 0 Å². The minimum absolute atomic E-state index is 0.331. The third-order valence-corrected chi connectivity index (χ3v) is 3.48. The topological polar surface area (TPSA) is 15.6 Å². The maximum Gasteiger partial charge on any atom is 0.0990 e. The number of aliphatic imine (C=N–C) groups is 1. The Kier molecular flexibility index (Phi) is 4.82. The van der Waals surface area contributed by atoms with E-state index in [4.69, 9.17) is 0 Å². The van der Waals surface area contributed by atoms with Gasteiger partial charge in [0.2, 0.25) is 0 Å². The van der Waals surface area contributed by atoms with Crippen molar-refractivity contribution in [3.8, 4) is 0 Å². The van der Waals surface area contributed by atoms with Crippen molar-refractivity contribution in [1.82, 2.24) is 4.90 Å². The number of rotatable bonds is 2. The Morgan fingerprint density at radius 3 is 2.19 bits per heavy atom. The van der Waals surface area contributed by atoms with Crippen LogP contribution in [0.15, 0.2) is 4.99 Å². The molecule has 0 aliphatic heterocycles. The van der Waals surface area contributed by atoms with Crippen LogP contribution in [0, 0.1) is 5.41 Å². The number of hydrogen-bond acceptors (Lipinski definition) is 1. The second kappa shape index (κ2) is 5.70. The highest BCUT2D eigenvalue weighted by atomic mass is 15.2. The zero-order valence-electron chi connectivity index (χ0n) is 11.7. The van der Waals surface area contributed by atoms with Crippen molar-refractivity contribution in [2.45, 2.75) is 65.3 Å². The zero-order chi connectivity index (χ0) is 12.2. The summed E-state index contributed by atoms with van der Waals surface area (Å²) in [6.07, 6.45) is 7.97. The molecule has 1 aliphatic carbocycles. The second-order valence-electron chi connectivity index (χ2n) is 6.28. The Hall–Kier alpha value is -0.530. The van der Waals surface area contributed by atoms with Gasteiger partial charge < -0.3 is 4.90 Å². The normalized spacial score (nSPS) is 19.9. The van der Waals surface area contributed by atoms with E-state index in [0.717, 1.165) is 12.5 Å². The number of amidine groups is 1. The van der Waals surface area contributed by atoms with Crippen molar-refractivity contribution in [2.75, 3.05) is 14.1 Å². The monoisotopic (exact) mass is 224 g/mol. The van der Waals surface area contributed by atoms with Gasteiger partial charge in [-0.25, -0.2) is 0 Å². The van der Waals surface area contributed by atoms with E-state index in [1.165, 1.54) is 37.9 Å². The van der Waals surface area contributed by atoms with Gasteiger partial charge in [-0.3, -0.25) is 4.99 Å². The summed E-state index contributed by atoms with van der Waals surface area (Å²) < 4.78 is 0. The average Bonchev–Trinajstić information content (AvgIpc) is 2.25. The van der Waals surface area contributed by atoms with Gasteiger partial charge in [0.05, 0.1) is 5.84 Å². The molecule has 0 atom stereocenters. The molecule has 0 aromatic rings. The van der Waals surface area contributed by atoms with Crippen LogP contribution in [-0.2, 0) is 0 Å². The van der Waals surface area contributed by atoms with Crippen molar-refractivity contribution < 1.29 is 0 Å². The average molecular weight is 224 g/mol. The van der Waals surface area contributed by atoms with Crippen LogP contribution in [0.5, 0.6) is 0 Å². The standard InChI is InChI=1S/C14H28N2/c1-14(2,3)11-13(15-4)16(5)12-9-7-6-8-10-12/h12H,6-11H2,1-5H3/b15-13-. The smallest absolute Gasteiger partial charge is 0.0990 e. The second-order valence-corrected chi connectivity index (χ2v) is 6.28. The Balaban J connectivity index is 2.58. The molecule has 1 saturated carbocycles. The first-order valence-corrected chi connectivity index (χ1v) is 6.62. The fraction of sp³-hybridized carbons (Fsp3) is 0.929. The molecule has 0 N–H and O–H groups in total. The molecule has 1 rings (SSSR count). The van der Waals surface area contributed by atoms with E-state index in [1.54, 1.807) is 0 Å². The number of hydrogen-bond donors (Lipinski definition) is 0. The van der Waals surface area contributed by atoms with E-state index < -0.39 is 0 Å². The predicted molar refractivity (Wildman–Crippen MR) is 72.1 cm³/mol. The molecule has 0 unspecified atom stereocenters. The summed E-state index contributed by atoms with van der Waals surface area (Å²) in [5.74, 6) is 1.28. The molecule has 0 spiro atoms. The highest BCUT2D eigenvalue weighted by Gasteiger charge is 2.23. The van der Waals surface area contributed by atoms with Gasteiger partial charge >= 0.3 is 0 Å². The molecule has 0 saturated heterocycles. The maximum absolute atomic E-state index is 4.49. The van der Waals surface area contributed by atoms with Crippen LogP contribution in [0.1, 0.15) is 59.3 Å². The van der Waals surface area contributed by atoms with Crippen molar-refractivity contribution in [1.29, 1.82) is 0 Å². The van der Waals surface area contributed by atoms with Gasteiger partial charge in [-0.05, 0) is 18.3 Å².